The highest BCUT2D eigenvalue weighted by Gasteiger charge is 2.41. The fraction of sp³-hybridized carbons (Fsp3) is 0.750. The van der Waals surface area contributed by atoms with Gasteiger partial charge in [0, 0.05) is 36.5 Å². The monoisotopic (exact) mass is 321 g/mol. The number of ether oxygens (including phenoxy) is 1. The van der Waals surface area contributed by atoms with Gasteiger partial charge in [0.15, 0.2) is 0 Å². The summed E-state index contributed by atoms with van der Waals surface area (Å²) < 4.78 is 5.98. The van der Waals surface area contributed by atoms with Crippen molar-refractivity contribution in [2.24, 2.45) is 17.8 Å². The van der Waals surface area contributed by atoms with Gasteiger partial charge in [-0.2, -0.15) is 0 Å². The molecule has 1 amide bonds. The molecule has 0 aromatic carbocycles. The number of fused-ring (bicyclic) bond motifs is 1. The van der Waals surface area contributed by atoms with Crippen LogP contribution in [0.3, 0.4) is 0 Å². The third kappa shape index (κ3) is 3.19. The van der Waals surface area contributed by atoms with Gasteiger partial charge in [-0.3, -0.25) is 9.69 Å². The minimum absolute atomic E-state index is 0.217. The van der Waals surface area contributed by atoms with Gasteiger partial charge >= 0.3 is 0 Å². The van der Waals surface area contributed by atoms with E-state index in [0.29, 0.717) is 18.4 Å². The number of likely N-dealkylation sites (tertiary alicyclic amines) is 1. The maximum Gasteiger partial charge on any atom is 0.223 e. The normalized spacial score (nSPS) is 31.9. The quantitative estimate of drug-likeness (QED) is 0.893. The zero-order valence-corrected chi connectivity index (χ0v) is 13.6. The number of carbonyl (C=O) groups excluding carboxylic acids is 1. The summed E-state index contributed by atoms with van der Waals surface area (Å²) in [7, 11) is 0. The Bertz CT molecular complexity index is 517. The van der Waals surface area contributed by atoms with E-state index < -0.39 is 0 Å². The van der Waals surface area contributed by atoms with E-state index in [1.807, 2.05) is 11.6 Å². The minimum Gasteiger partial charge on any atom is -0.376 e. The summed E-state index contributed by atoms with van der Waals surface area (Å²) in [6, 6.07) is 0. The van der Waals surface area contributed by atoms with Crippen LogP contribution < -0.4 is 5.32 Å². The average molecular weight is 321 g/mol. The summed E-state index contributed by atoms with van der Waals surface area (Å²) >= 11 is 1.73. The van der Waals surface area contributed by atoms with Crippen molar-refractivity contribution in [2.75, 3.05) is 26.2 Å². The van der Waals surface area contributed by atoms with Crippen LogP contribution in [0, 0.1) is 17.8 Å². The van der Waals surface area contributed by atoms with Crippen molar-refractivity contribution in [1.82, 2.24) is 15.2 Å². The number of amides is 1. The third-order valence-corrected chi connectivity index (χ3v) is 5.91. The summed E-state index contributed by atoms with van der Waals surface area (Å²) in [5.74, 6) is 1.73. The minimum atomic E-state index is 0.217. The van der Waals surface area contributed by atoms with E-state index in [2.05, 4.69) is 15.2 Å². The molecule has 0 bridgehead atoms. The fourth-order valence-corrected chi connectivity index (χ4v) is 4.39. The number of rotatable bonds is 5. The molecule has 4 rings (SSSR count). The van der Waals surface area contributed by atoms with E-state index in [-0.39, 0.29) is 17.9 Å². The summed E-state index contributed by atoms with van der Waals surface area (Å²) in [5, 5.41) is 6.32. The largest absolute Gasteiger partial charge is 0.376 e. The highest BCUT2D eigenvalue weighted by Crippen LogP contribution is 2.35. The molecular formula is C16H23N3O2S. The number of hydrogen-bond donors (Lipinski definition) is 1. The van der Waals surface area contributed by atoms with Gasteiger partial charge in [0.05, 0.1) is 19.3 Å². The van der Waals surface area contributed by atoms with Crippen LogP contribution in [-0.4, -0.2) is 48.1 Å². The molecule has 22 heavy (non-hydrogen) atoms. The predicted molar refractivity (Wildman–Crippen MR) is 84.5 cm³/mol. The molecule has 2 aliphatic heterocycles. The maximum absolute atomic E-state index is 11.8. The Morgan fingerprint density at radius 3 is 3.14 bits per heavy atom. The Morgan fingerprint density at radius 2 is 2.36 bits per heavy atom. The van der Waals surface area contributed by atoms with Crippen LogP contribution in [0.25, 0.3) is 0 Å². The molecule has 3 aliphatic rings. The van der Waals surface area contributed by atoms with Crippen LogP contribution in [0.1, 0.15) is 24.3 Å². The molecule has 1 aromatic rings. The van der Waals surface area contributed by atoms with E-state index >= 15 is 0 Å². The van der Waals surface area contributed by atoms with Gasteiger partial charge < -0.3 is 10.1 Å². The zero-order chi connectivity index (χ0) is 14.9. The number of nitrogens with one attached hydrogen (secondary N) is 1. The Kier molecular flexibility index (Phi) is 4.15. The molecule has 1 aliphatic carbocycles. The van der Waals surface area contributed by atoms with Gasteiger partial charge in [-0.15, -0.1) is 11.3 Å². The van der Waals surface area contributed by atoms with Crippen molar-refractivity contribution in [3.63, 3.8) is 0 Å². The van der Waals surface area contributed by atoms with Crippen molar-refractivity contribution < 1.29 is 9.53 Å². The van der Waals surface area contributed by atoms with Gasteiger partial charge in [0.25, 0.3) is 0 Å². The second kappa shape index (κ2) is 6.26. The molecule has 3 atom stereocenters. The lowest BCUT2D eigenvalue weighted by atomic mass is 9.84. The van der Waals surface area contributed by atoms with E-state index in [1.54, 1.807) is 11.3 Å². The second-order valence-electron chi connectivity index (χ2n) is 6.76. The van der Waals surface area contributed by atoms with Gasteiger partial charge in [0.1, 0.15) is 5.01 Å². The molecule has 0 unspecified atom stereocenters. The number of nitrogens with zero attached hydrogens (tertiary/aromatic N) is 2. The van der Waals surface area contributed by atoms with E-state index in [1.165, 1.54) is 11.4 Å². The first-order chi connectivity index (χ1) is 10.8. The number of hydrogen-bond acceptors (Lipinski definition) is 5. The second-order valence-corrected chi connectivity index (χ2v) is 7.74. The maximum atomic E-state index is 11.8. The molecular weight excluding hydrogens is 298 g/mol. The molecule has 120 valence electrons. The lowest BCUT2D eigenvalue weighted by Gasteiger charge is -2.35. The van der Waals surface area contributed by atoms with Gasteiger partial charge in [-0.25, -0.2) is 4.98 Å². The Labute approximate surface area is 135 Å². The average Bonchev–Trinajstić information content (AvgIpc) is 3.12. The first kappa shape index (κ1) is 14.6. The van der Waals surface area contributed by atoms with E-state index in [9.17, 15) is 4.79 Å². The molecule has 0 spiro atoms. The van der Waals surface area contributed by atoms with Crippen LogP contribution in [0.4, 0.5) is 0 Å². The highest BCUT2D eigenvalue weighted by molar-refractivity contribution is 7.09. The number of carbonyl (C=O) groups is 1. The lowest BCUT2D eigenvalue weighted by Crippen LogP contribution is -2.43. The van der Waals surface area contributed by atoms with Crippen LogP contribution in [0.5, 0.6) is 0 Å². The number of piperidine rings is 1. The van der Waals surface area contributed by atoms with Gasteiger partial charge in [-0.05, 0) is 31.7 Å². The Morgan fingerprint density at radius 1 is 1.45 bits per heavy atom. The zero-order valence-electron chi connectivity index (χ0n) is 12.7. The molecule has 1 aromatic heterocycles. The van der Waals surface area contributed by atoms with Crippen molar-refractivity contribution in [2.45, 2.75) is 31.9 Å². The number of aromatic nitrogens is 1. The molecule has 1 saturated carbocycles. The van der Waals surface area contributed by atoms with E-state index in [0.717, 1.165) is 39.1 Å². The number of thiazole rings is 1. The standard InChI is InChI=1S/C16H23N3O2S/c20-16(11-1-2-11)18-7-14-13-3-5-19(8-12(13)10-21-14)9-15-17-4-6-22-15/h4,6,11-14H,1-3,5,7-10H2,(H,18,20)/t12-,13-,14+/m1/s1. The van der Waals surface area contributed by atoms with Crippen molar-refractivity contribution in [1.29, 1.82) is 0 Å². The van der Waals surface area contributed by atoms with Crippen LogP contribution in [0.15, 0.2) is 11.6 Å². The molecule has 3 heterocycles. The first-order valence-corrected chi connectivity index (χ1v) is 9.17. The van der Waals surface area contributed by atoms with Gasteiger partial charge in [-0.1, -0.05) is 0 Å². The van der Waals surface area contributed by atoms with Gasteiger partial charge in [0.2, 0.25) is 5.91 Å². The van der Waals surface area contributed by atoms with Crippen LogP contribution in [0.2, 0.25) is 0 Å². The Hall–Kier alpha value is -0.980. The summed E-state index contributed by atoms with van der Waals surface area (Å²) in [4.78, 5) is 18.6. The first-order valence-electron chi connectivity index (χ1n) is 8.29. The molecule has 3 fully saturated rings. The fourth-order valence-electron chi connectivity index (χ4n) is 3.73. The van der Waals surface area contributed by atoms with Crippen LogP contribution in [-0.2, 0) is 16.1 Å². The highest BCUT2D eigenvalue weighted by atomic mass is 32.1. The molecule has 6 heteroatoms. The van der Waals surface area contributed by atoms with E-state index in [4.69, 9.17) is 4.74 Å². The SMILES string of the molecule is O=C(NC[C@@H]1OC[C@H]2CN(Cc3nccs3)CC[C@H]21)C1CC1. The molecule has 5 nitrogen and oxygen atoms in total. The molecule has 1 N–H and O–H groups in total. The molecule has 2 saturated heterocycles. The van der Waals surface area contributed by atoms with Crippen molar-refractivity contribution >= 4 is 17.2 Å². The third-order valence-electron chi connectivity index (χ3n) is 5.15. The smallest absolute Gasteiger partial charge is 0.223 e. The van der Waals surface area contributed by atoms with Crippen molar-refractivity contribution in [3.05, 3.63) is 16.6 Å². The topological polar surface area (TPSA) is 54.5 Å². The molecule has 0 radical (unpaired) electrons. The lowest BCUT2D eigenvalue weighted by molar-refractivity contribution is -0.122. The summed E-state index contributed by atoms with van der Waals surface area (Å²) in [6.45, 7) is 4.70. The summed E-state index contributed by atoms with van der Waals surface area (Å²) in [5.41, 5.74) is 0. The summed E-state index contributed by atoms with van der Waals surface area (Å²) in [6.07, 6.45) is 5.39. The predicted octanol–water partition coefficient (Wildman–Crippen LogP) is 1.51. The van der Waals surface area contributed by atoms with Crippen LogP contribution >= 0.6 is 11.3 Å². The Balaban J connectivity index is 1.27. The van der Waals surface area contributed by atoms with Crippen molar-refractivity contribution in [3.8, 4) is 0 Å².